The van der Waals surface area contributed by atoms with Crippen LogP contribution in [0.2, 0.25) is 0 Å². The fourth-order valence-electron chi connectivity index (χ4n) is 4.48. The zero-order valence-electron chi connectivity index (χ0n) is 19.2. The standard InChI is InChI=1S/C26H31N3O3/c1-25(2)13-14-29(17-26(3,4)28-25)23(30)15-18-9-11-20(12-10-18)27-24(31)22-16-19-7-5-6-8-21(19)32-22/h5-12,16,28H,13-15,17H2,1-4H3,(H,27,31). The second-order valence-corrected chi connectivity index (χ2v) is 9.93. The average molecular weight is 434 g/mol. The quantitative estimate of drug-likeness (QED) is 0.630. The lowest BCUT2D eigenvalue weighted by molar-refractivity contribution is -0.131. The first kappa shape index (κ1) is 22.1. The van der Waals surface area contributed by atoms with Crippen LogP contribution in [0, 0.1) is 0 Å². The first-order valence-corrected chi connectivity index (χ1v) is 11.1. The fourth-order valence-corrected chi connectivity index (χ4v) is 4.48. The molecule has 0 bridgehead atoms. The van der Waals surface area contributed by atoms with Gasteiger partial charge in [-0.2, -0.15) is 0 Å². The molecule has 0 unspecified atom stereocenters. The van der Waals surface area contributed by atoms with E-state index < -0.39 is 0 Å². The summed E-state index contributed by atoms with van der Waals surface area (Å²) < 4.78 is 5.62. The molecule has 2 amide bonds. The molecule has 1 fully saturated rings. The van der Waals surface area contributed by atoms with Crippen molar-refractivity contribution in [1.29, 1.82) is 0 Å². The third-order valence-corrected chi connectivity index (χ3v) is 5.84. The zero-order chi connectivity index (χ0) is 22.9. The van der Waals surface area contributed by atoms with Crippen molar-refractivity contribution in [3.63, 3.8) is 0 Å². The van der Waals surface area contributed by atoms with Gasteiger partial charge in [-0.05, 0) is 63.9 Å². The minimum atomic E-state index is -0.299. The lowest BCUT2D eigenvalue weighted by atomic mass is 9.96. The Kier molecular flexibility index (Phi) is 5.82. The lowest BCUT2D eigenvalue weighted by Gasteiger charge is -2.34. The molecule has 0 spiro atoms. The molecule has 32 heavy (non-hydrogen) atoms. The number of nitrogens with one attached hydrogen (secondary N) is 2. The van der Waals surface area contributed by atoms with Crippen LogP contribution in [0.3, 0.4) is 0 Å². The van der Waals surface area contributed by atoms with E-state index in [9.17, 15) is 9.59 Å². The maximum absolute atomic E-state index is 13.0. The molecule has 0 aliphatic carbocycles. The molecule has 0 atom stereocenters. The number of nitrogens with zero attached hydrogens (tertiary/aromatic N) is 1. The largest absolute Gasteiger partial charge is 0.451 e. The van der Waals surface area contributed by atoms with Crippen LogP contribution in [-0.4, -0.2) is 40.9 Å². The highest BCUT2D eigenvalue weighted by Gasteiger charge is 2.34. The Morgan fingerprint density at radius 2 is 1.75 bits per heavy atom. The fraction of sp³-hybridized carbons (Fsp3) is 0.385. The number of carbonyl (C=O) groups excluding carboxylic acids is 2. The monoisotopic (exact) mass is 433 g/mol. The van der Waals surface area contributed by atoms with Gasteiger partial charge in [0.15, 0.2) is 5.76 Å². The smallest absolute Gasteiger partial charge is 0.291 e. The molecule has 0 saturated carbocycles. The van der Waals surface area contributed by atoms with Crippen molar-refractivity contribution in [2.24, 2.45) is 0 Å². The lowest BCUT2D eigenvalue weighted by Crippen LogP contribution is -2.54. The average Bonchev–Trinajstić information content (AvgIpc) is 3.11. The number of amides is 2. The first-order valence-electron chi connectivity index (χ1n) is 11.1. The Balaban J connectivity index is 1.38. The van der Waals surface area contributed by atoms with Gasteiger partial charge in [-0.3, -0.25) is 9.59 Å². The maximum Gasteiger partial charge on any atom is 0.291 e. The highest BCUT2D eigenvalue weighted by molar-refractivity contribution is 6.04. The Bertz CT molecular complexity index is 1100. The maximum atomic E-state index is 13.0. The highest BCUT2D eigenvalue weighted by Crippen LogP contribution is 2.23. The van der Waals surface area contributed by atoms with Gasteiger partial charge in [-0.1, -0.05) is 30.3 Å². The van der Waals surface area contributed by atoms with E-state index in [2.05, 4.69) is 38.3 Å². The Labute approximate surface area is 189 Å². The van der Waals surface area contributed by atoms with Crippen molar-refractivity contribution in [2.75, 3.05) is 18.4 Å². The molecule has 6 heteroatoms. The van der Waals surface area contributed by atoms with Crippen molar-refractivity contribution >= 4 is 28.5 Å². The van der Waals surface area contributed by atoms with Gasteiger partial charge in [0, 0.05) is 35.2 Å². The molecule has 168 valence electrons. The number of anilines is 1. The van der Waals surface area contributed by atoms with Gasteiger partial charge in [-0.15, -0.1) is 0 Å². The van der Waals surface area contributed by atoms with Crippen LogP contribution in [0.25, 0.3) is 11.0 Å². The number of benzene rings is 2. The predicted molar refractivity (Wildman–Crippen MR) is 127 cm³/mol. The summed E-state index contributed by atoms with van der Waals surface area (Å²) in [6.45, 7) is 10.1. The van der Waals surface area contributed by atoms with E-state index >= 15 is 0 Å². The third-order valence-electron chi connectivity index (χ3n) is 5.84. The second kappa shape index (κ2) is 8.43. The SMILES string of the molecule is CC1(C)CCN(C(=O)Cc2ccc(NC(=O)c3cc4ccccc4o3)cc2)CC(C)(C)N1. The van der Waals surface area contributed by atoms with Crippen molar-refractivity contribution in [1.82, 2.24) is 10.2 Å². The Morgan fingerprint density at radius 1 is 1.03 bits per heavy atom. The van der Waals surface area contributed by atoms with E-state index in [1.54, 1.807) is 6.07 Å². The van der Waals surface area contributed by atoms with Crippen LogP contribution in [0.4, 0.5) is 5.69 Å². The second-order valence-electron chi connectivity index (χ2n) is 9.93. The number of furan rings is 1. The molecule has 1 saturated heterocycles. The summed E-state index contributed by atoms with van der Waals surface area (Å²) in [5, 5.41) is 7.39. The highest BCUT2D eigenvalue weighted by atomic mass is 16.3. The Morgan fingerprint density at radius 3 is 2.47 bits per heavy atom. The molecule has 2 N–H and O–H groups in total. The van der Waals surface area contributed by atoms with Gasteiger partial charge in [0.05, 0.1) is 6.42 Å². The van der Waals surface area contributed by atoms with Gasteiger partial charge in [0.1, 0.15) is 5.58 Å². The molecular formula is C26H31N3O3. The number of rotatable bonds is 4. The van der Waals surface area contributed by atoms with E-state index in [0.717, 1.165) is 23.9 Å². The minimum Gasteiger partial charge on any atom is -0.451 e. The normalized spacial score (nSPS) is 17.7. The van der Waals surface area contributed by atoms with Crippen LogP contribution in [-0.2, 0) is 11.2 Å². The zero-order valence-corrected chi connectivity index (χ0v) is 19.2. The van der Waals surface area contributed by atoms with Crippen LogP contribution in [0.1, 0.15) is 50.2 Å². The third kappa shape index (κ3) is 5.19. The summed E-state index contributed by atoms with van der Waals surface area (Å²) in [6, 6.07) is 16.7. The van der Waals surface area contributed by atoms with Gasteiger partial charge in [0.25, 0.3) is 5.91 Å². The molecule has 1 aliphatic rings. The molecule has 6 nitrogen and oxygen atoms in total. The van der Waals surface area contributed by atoms with E-state index in [-0.39, 0.29) is 28.7 Å². The topological polar surface area (TPSA) is 74.6 Å². The van der Waals surface area contributed by atoms with E-state index in [1.165, 1.54) is 0 Å². The van der Waals surface area contributed by atoms with Crippen molar-refractivity contribution in [3.8, 4) is 0 Å². The molecule has 3 aromatic rings. The summed E-state index contributed by atoms with van der Waals surface area (Å²) in [4.78, 5) is 27.5. The van der Waals surface area contributed by atoms with E-state index in [1.807, 2.05) is 53.4 Å². The van der Waals surface area contributed by atoms with Crippen molar-refractivity contribution < 1.29 is 14.0 Å². The van der Waals surface area contributed by atoms with E-state index in [0.29, 0.717) is 24.2 Å². The molecule has 1 aromatic heterocycles. The molecule has 4 rings (SSSR count). The summed E-state index contributed by atoms with van der Waals surface area (Å²) in [7, 11) is 0. The number of fused-ring (bicyclic) bond motifs is 1. The Hall–Kier alpha value is -3.12. The summed E-state index contributed by atoms with van der Waals surface area (Å²) in [5.41, 5.74) is 2.12. The van der Waals surface area contributed by atoms with Gasteiger partial charge < -0.3 is 20.0 Å². The number of hydrogen-bond acceptors (Lipinski definition) is 4. The summed E-state index contributed by atoms with van der Waals surface area (Å²) in [6.07, 6.45) is 1.25. The minimum absolute atomic E-state index is 0.00176. The van der Waals surface area contributed by atoms with Crippen molar-refractivity contribution in [3.05, 3.63) is 65.9 Å². The predicted octanol–water partition coefficient (Wildman–Crippen LogP) is 4.61. The van der Waals surface area contributed by atoms with Crippen LogP contribution < -0.4 is 10.6 Å². The number of hydrogen-bond donors (Lipinski definition) is 2. The van der Waals surface area contributed by atoms with Crippen LogP contribution >= 0.6 is 0 Å². The molecule has 2 heterocycles. The van der Waals surface area contributed by atoms with E-state index in [4.69, 9.17) is 4.42 Å². The summed E-state index contributed by atoms with van der Waals surface area (Å²) in [5.74, 6) is 0.0920. The number of para-hydroxylation sites is 1. The van der Waals surface area contributed by atoms with Gasteiger partial charge in [-0.25, -0.2) is 0 Å². The van der Waals surface area contributed by atoms with Crippen LogP contribution in [0.15, 0.2) is 59.0 Å². The van der Waals surface area contributed by atoms with Crippen molar-refractivity contribution in [2.45, 2.75) is 51.6 Å². The molecule has 2 aromatic carbocycles. The first-order chi connectivity index (χ1) is 15.1. The molecule has 0 radical (unpaired) electrons. The molecule has 1 aliphatic heterocycles. The van der Waals surface area contributed by atoms with Gasteiger partial charge >= 0.3 is 0 Å². The number of carbonyl (C=O) groups is 2. The summed E-state index contributed by atoms with van der Waals surface area (Å²) >= 11 is 0. The molecular weight excluding hydrogens is 402 g/mol. The van der Waals surface area contributed by atoms with Gasteiger partial charge in [0.2, 0.25) is 5.91 Å². The van der Waals surface area contributed by atoms with Crippen LogP contribution in [0.5, 0.6) is 0 Å².